The first-order valence-corrected chi connectivity index (χ1v) is 10.4. The molecule has 4 aromatic rings. The highest BCUT2D eigenvalue weighted by atomic mass is 32.2. The number of anilines is 1. The van der Waals surface area contributed by atoms with E-state index in [1.54, 1.807) is 0 Å². The molecule has 0 bridgehead atoms. The maximum atomic E-state index is 12.4. The van der Waals surface area contributed by atoms with Crippen molar-refractivity contribution >= 4 is 29.1 Å². The summed E-state index contributed by atoms with van der Waals surface area (Å²) in [5, 5.41) is 15.8. The highest BCUT2D eigenvalue weighted by Gasteiger charge is 2.14. The highest BCUT2D eigenvalue weighted by Crippen LogP contribution is 2.20. The molecule has 2 aromatic heterocycles. The molecule has 0 spiro atoms. The Morgan fingerprint density at radius 3 is 2.70 bits per heavy atom. The molecular weight excluding hydrogens is 400 g/mol. The number of rotatable bonds is 6. The van der Waals surface area contributed by atoms with Crippen LogP contribution < -0.4 is 10.9 Å². The van der Waals surface area contributed by atoms with Crippen molar-refractivity contribution in [2.45, 2.75) is 25.4 Å². The van der Waals surface area contributed by atoms with E-state index in [1.165, 1.54) is 16.3 Å². The van der Waals surface area contributed by atoms with Crippen molar-refractivity contribution in [1.82, 2.24) is 24.8 Å². The zero-order valence-electron chi connectivity index (χ0n) is 16.5. The van der Waals surface area contributed by atoms with Gasteiger partial charge in [-0.15, -0.1) is 10.2 Å². The minimum absolute atomic E-state index is 0.142. The fourth-order valence-corrected chi connectivity index (χ4v) is 3.65. The highest BCUT2D eigenvalue weighted by molar-refractivity contribution is 7.99. The van der Waals surface area contributed by atoms with Gasteiger partial charge in [-0.05, 0) is 36.6 Å². The number of carbonyl (C=O) groups excluding carboxylic acids is 1. The third kappa shape index (κ3) is 4.25. The third-order valence-electron chi connectivity index (χ3n) is 4.75. The summed E-state index contributed by atoms with van der Waals surface area (Å²) in [6.07, 6.45) is 0.390. The minimum atomic E-state index is -0.303. The van der Waals surface area contributed by atoms with Crippen LogP contribution in [0, 0.1) is 13.8 Å². The summed E-state index contributed by atoms with van der Waals surface area (Å²) < 4.78 is 1.47. The van der Waals surface area contributed by atoms with Crippen LogP contribution in [-0.4, -0.2) is 36.5 Å². The summed E-state index contributed by atoms with van der Waals surface area (Å²) in [6.45, 7) is 3.97. The molecule has 152 valence electrons. The number of fused-ring (bicyclic) bond motifs is 1. The number of hydrogen-bond donors (Lipinski definition) is 2. The van der Waals surface area contributed by atoms with Gasteiger partial charge in [-0.2, -0.15) is 9.61 Å². The van der Waals surface area contributed by atoms with Crippen LogP contribution in [0.2, 0.25) is 0 Å². The number of nitrogens with one attached hydrogen (secondary N) is 2. The lowest BCUT2D eigenvalue weighted by Gasteiger charge is -2.09. The van der Waals surface area contributed by atoms with Gasteiger partial charge in [0.05, 0.1) is 5.75 Å². The molecule has 2 aromatic carbocycles. The van der Waals surface area contributed by atoms with Gasteiger partial charge in [0.25, 0.3) is 11.3 Å². The van der Waals surface area contributed by atoms with Gasteiger partial charge < -0.3 is 5.32 Å². The van der Waals surface area contributed by atoms with Gasteiger partial charge in [0, 0.05) is 12.1 Å². The predicted octanol–water partition coefficient (Wildman–Crippen LogP) is 2.75. The lowest BCUT2D eigenvalue weighted by Crippen LogP contribution is -2.19. The molecule has 8 nitrogen and oxygen atoms in total. The van der Waals surface area contributed by atoms with Crippen LogP contribution >= 0.6 is 11.8 Å². The standard InChI is InChI=1S/C21H20N6O2S/c1-13-7-6-10-16(14(13)2)22-18(28)12-30-21-25-24-20-23-19(29)17(26-27(20)21)11-15-8-4-3-5-9-15/h3-10H,11-12H2,1-2H3,(H,22,28)(H,23,24,29). The molecule has 0 aliphatic rings. The van der Waals surface area contributed by atoms with E-state index >= 15 is 0 Å². The van der Waals surface area contributed by atoms with Crippen LogP contribution in [0.4, 0.5) is 5.69 Å². The largest absolute Gasteiger partial charge is 0.325 e. The number of aryl methyl sites for hydroxylation is 1. The second-order valence-electron chi connectivity index (χ2n) is 6.87. The molecule has 9 heteroatoms. The summed E-state index contributed by atoms with van der Waals surface area (Å²) >= 11 is 1.21. The van der Waals surface area contributed by atoms with Crippen LogP contribution in [0.25, 0.3) is 5.78 Å². The fourth-order valence-electron chi connectivity index (χ4n) is 2.97. The van der Waals surface area contributed by atoms with E-state index in [0.717, 1.165) is 22.4 Å². The normalized spacial score (nSPS) is 11.0. The van der Waals surface area contributed by atoms with Crippen molar-refractivity contribution in [3.8, 4) is 0 Å². The summed E-state index contributed by atoms with van der Waals surface area (Å²) in [7, 11) is 0. The molecule has 0 unspecified atom stereocenters. The Kier molecular flexibility index (Phi) is 5.62. The topological polar surface area (TPSA) is 105 Å². The van der Waals surface area contributed by atoms with Crippen molar-refractivity contribution in [3.63, 3.8) is 0 Å². The first kappa shape index (κ1) is 19.8. The van der Waals surface area contributed by atoms with Gasteiger partial charge in [-0.1, -0.05) is 54.2 Å². The quantitative estimate of drug-likeness (QED) is 0.465. The van der Waals surface area contributed by atoms with Crippen molar-refractivity contribution in [1.29, 1.82) is 0 Å². The molecule has 0 saturated carbocycles. The monoisotopic (exact) mass is 420 g/mol. The average molecular weight is 420 g/mol. The van der Waals surface area contributed by atoms with Crippen LogP contribution in [0.5, 0.6) is 0 Å². The van der Waals surface area contributed by atoms with Gasteiger partial charge >= 0.3 is 0 Å². The summed E-state index contributed by atoms with van der Waals surface area (Å²) in [5.41, 5.74) is 3.97. The zero-order chi connectivity index (χ0) is 21.1. The van der Waals surface area contributed by atoms with E-state index < -0.39 is 0 Å². The molecule has 0 fully saturated rings. The minimum Gasteiger partial charge on any atom is -0.325 e. The molecule has 2 heterocycles. The lowest BCUT2D eigenvalue weighted by molar-refractivity contribution is -0.113. The van der Waals surface area contributed by atoms with Gasteiger partial charge in [-0.25, -0.2) is 0 Å². The molecule has 0 aliphatic heterocycles. The van der Waals surface area contributed by atoms with E-state index in [0.29, 0.717) is 17.3 Å². The van der Waals surface area contributed by atoms with E-state index in [9.17, 15) is 9.59 Å². The molecule has 0 atom stereocenters. The Hall–Kier alpha value is -3.46. The Bertz CT molecular complexity index is 1270. The number of amides is 1. The molecule has 0 aliphatic carbocycles. The summed E-state index contributed by atoms with van der Waals surface area (Å²) in [6, 6.07) is 15.4. The predicted molar refractivity (Wildman–Crippen MR) is 116 cm³/mol. The average Bonchev–Trinajstić information content (AvgIpc) is 3.12. The van der Waals surface area contributed by atoms with E-state index in [1.807, 2.05) is 62.4 Å². The van der Waals surface area contributed by atoms with Gasteiger partial charge in [-0.3, -0.25) is 14.6 Å². The number of aromatic amines is 1. The van der Waals surface area contributed by atoms with Crippen molar-refractivity contribution in [3.05, 3.63) is 81.3 Å². The first-order valence-electron chi connectivity index (χ1n) is 9.38. The molecule has 30 heavy (non-hydrogen) atoms. The van der Waals surface area contributed by atoms with Gasteiger partial charge in [0.1, 0.15) is 5.69 Å². The maximum absolute atomic E-state index is 12.4. The van der Waals surface area contributed by atoms with Crippen LogP contribution in [0.3, 0.4) is 0 Å². The molecule has 1 amide bonds. The van der Waals surface area contributed by atoms with Crippen LogP contribution in [0.1, 0.15) is 22.4 Å². The van der Waals surface area contributed by atoms with Crippen LogP contribution in [-0.2, 0) is 11.2 Å². The molecule has 0 radical (unpaired) electrons. The van der Waals surface area contributed by atoms with Crippen molar-refractivity contribution < 1.29 is 4.79 Å². The summed E-state index contributed by atoms with van der Waals surface area (Å²) in [5.74, 6) is 0.233. The van der Waals surface area contributed by atoms with Gasteiger partial charge in [0.2, 0.25) is 11.1 Å². The van der Waals surface area contributed by atoms with Gasteiger partial charge in [0.15, 0.2) is 0 Å². The lowest BCUT2D eigenvalue weighted by atomic mass is 10.1. The Morgan fingerprint density at radius 1 is 1.10 bits per heavy atom. The third-order valence-corrected chi connectivity index (χ3v) is 5.67. The Morgan fingerprint density at radius 2 is 1.90 bits per heavy atom. The second kappa shape index (κ2) is 8.50. The molecule has 0 saturated heterocycles. The molecular formula is C21H20N6O2S. The molecule has 4 rings (SSSR count). The second-order valence-corrected chi connectivity index (χ2v) is 7.81. The maximum Gasteiger partial charge on any atom is 0.274 e. The number of aromatic nitrogens is 5. The SMILES string of the molecule is Cc1cccc(NC(=O)CSc2nnc3[nH]c(=O)c(Cc4ccccc4)nn23)c1C. The van der Waals surface area contributed by atoms with Crippen molar-refractivity contribution in [2.24, 2.45) is 0 Å². The van der Waals surface area contributed by atoms with Crippen molar-refractivity contribution in [2.75, 3.05) is 11.1 Å². The number of H-pyrrole nitrogens is 1. The molecule has 2 N–H and O–H groups in total. The fraction of sp³-hybridized carbons (Fsp3) is 0.190. The number of benzene rings is 2. The summed E-state index contributed by atoms with van der Waals surface area (Å²) in [4.78, 5) is 27.4. The Balaban J connectivity index is 1.50. The first-order chi connectivity index (χ1) is 14.5. The number of hydrogen-bond acceptors (Lipinski definition) is 6. The number of carbonyl (C=O) groups is 1. The van der Waals surface area contributed by atoms with E-state index in [-0.39, 0.29) is 23.0 Å². The van der Waals surface area contributed by atoms with E-state index in [2.05, 4.69) is 25.6 Å². The zero-order valence-corrected chi connectivity index (χ0v) is 17.4. The van der Waals surface area contributed by atoms with E-state index in [4.69, 9.17) is 0 Å². The van der Waals surface area contributed by atoms with Crippen LogP contribution in [0.15, 0.2) is 58.5 Å². The number of nitrogens with zero attached hydrogens (tertiary/aromatic N) is 4. The number of thioether (sulfide) groups is 1. The smallest absolute Gasteiger partial charge is 0.274 e. The Labute approximate surface area is 176 Å².